The summed E-state index contributed by atoms with van der Waals surface area (Å²) >= 11 is 0. The van der Waals surface area contributed by atoms with Crippen molar-refractivity contribution in [2.24, 2.45) is 5.92 Å². The summed E-state index contributed by atoms with van der Waals surface area (Å²) in [6.45, 7) is 0. The number of halogens is 4. The van der Waals surface area contributed by atoms with Gasteiger partial charge in [0.15, 0.2) is 0 Å². The van der Waals surface area contributed by atoms with E-state index in [2.05, 4.69) is 10.3 Å². The Kier molecular flexibility index (Phi) is 3.73. The number of rotatable bonds is 2. The van der Waals surface area contributed by atoms with E-state index in [0.717, 1.165) is 0 Å². The third-order valence-electron chi connectivity index (χ3n) is 3.24. The molecule has 1 N–H and O–H groups in total. The molecule has 1 saturated carbocycles. The number of nitrogens with zero attached hydrogens (tertiary/aromatic N) is 1. The van der Waals surface area contributed by atoms with Gasteiger partial charge in [0, 0.05) is 6.04 Å². The lowest BCUT2D eigenvalue weighted by atomic mass is 9.85. The van der Waals surface area contributed by atoms with Gasteiger partial charge in [-0.3, -0.25) is 0 Å². The molecule has 6 heteroatoms. The molecule has 1 aromatic rings. The van der Waals surface area contributed by atoms with Crippen molar-refractivity contribution in [3.8, 4) is 0 Å². The Morgan fingerprint density at radius 1 is 1.22 bits per heavy atom. The summed E-state index contributed by atoms with van der Waals surface area (Å²) in [5.74, 6) is -1.84. The maximum Gasteiger partial charge on any atom is 0.391 e. The first-order valence-electron chi connectivity index (χ1n) is 5.90. The zero-order valence-corrected chi connectivity index (χ0v) is 9.67. The number of nitrogens with one attached hydrogen (secondary N) is 1. The van der Waals surface area contributed by atoms with Crippen LogP contribution in [0.5, 0.6) is 0 Å². The zero-order chi connectivity index (χ0) is 13.2. The third kappa shape index (κ3) is 3.34. The Balaban J connectivity index is 1.95. The van der Waals surface area contributed by atoms with Crippen molar-refractivity contribution < 1.29 is 17.6 Å². The van der Waals surface area contributed by atoms with E-state index in [9.17, 15) is 17.6 Å². The van der Waals surface area contributed by atoms with Crippen molar-refractivity contribution in [3.05, 3.63) is 24.3 Å². The van der Waals surface area contributed by atoms with E-state index in [-0.39, 0.29) is 18.9 Å². The lowest BCUT2D eigenvalue weighted by Crippen LogP contribution is -2.34. The van der Waals surface area contributed by atoms with Gasteiger partial charge in [0.05, 0.1) is 17.8 Å². The first-order chi connectivity index (χ1) is 8.45. The van der Waals surface area contributed by atoms with E-state index in [1.165, 1.54) is 18.3 Å². The van der Waals surface area contributed by atoms with Gasteiger partial charge in [-0.25, -0.2) is 4.98 Å². The van der Waals surface area contributed by atoms with Crippen LogP contribution in [-0.4, -0.2) is 17.2 Å². The number of hydrogen-bond donors (Lipinski definition) is 1. The highest BCUT2D eigenvalue weighted by Crippen LogP contribution is 2.38. The molecule has 1 aliphatic carbocycles. The van der Waals surface area contributed by atoms with Crippen LogP contribution in [0.1, 0.15) is 25.7 Å². The second-order valence-corrected chi connectivity index (χ2v) is 4.62. The van der Waals surface area contributed by atoms with Crippen molar-refractivity contribution in [2.75, 3.05) is 5.32 Å². The van der Waals surface area contributed by atoms with E-state index in [1.807, 2.05) is 0 Å². The molecular weight excluding hydrogens is 248 g/mol. The molecule has 2 rings (SSSR count). The standard InChI is InChI=1S/C12H14F4N2/c13-11-5-4-10(7-17-11)18-9-3-1-2-8(6-9)12(14,15)16/h4-5,7-9,18H,1-3,6H2. The number of aromatic nitrogens is 1. The maximum absolute atomic E-state index is 12.6. The molecule has 1 aromatic heterocycles. The smallest absolute Gasteiger partial charge is 0.381 e. The molecule has 2 unspecified atom stereocenters. The topological polar surface area (TPSA) is 24.9 Å². The zero-order valence-electron chi connectivity index (χ0n) is 9.67. The first-order valence-corrected chi connectivity index (χ1v) is 5.90. The van der Waals surface area contributed by atoms with Crippen LogP contribution in [0.3, 0.4) is 0 Å². The van der Waals surface area contributed by atoms with Crippen LogP contribution in [-0.2, 0) is 0 Å². The van der Waals surface area contributed by atoms with Crippen LogP contribution in [0.15, 0.2) is 18.3 Å². The minimum Gasteiger partial charge on any atom is -0.381 e. The van der Waals surface area contributed by atoms with Crippen molar-refractivity contribution in [1.29, 1.82) is 0 Å². The van der Waals surface area contributed by atoms with Gasteiger partial charge < -0.3 is 5.32 Å². The Labute approximate surface area is 102 Å². The highest BCUT2D eigenvalue weighted by molar-refractivity contribution is 5.41. The summed E-state index contributed by atoms with van der Waals surface area (Å²) in [6, 6.07) is 2.45. The molecular formula is C12H14F4N2. The van der Waals surface area contributed by atoms with Crippen LogP contribution < -0.4 is 5.32 Å². The minimum atomic E-state index is -4.12. The third-order valence-corrected chi connectivity index (χ3v) is 3.24. The molecule has 0 radical (unpaired) electrons. The van der Waals surface area contributed by atoms with Crippen LogP contribution in [0.25, 0.3) is 0 Å². The molecule has 2 nitrogen and oxygen atoms in total. The molecule has 0 saturated heterocycles. The van der Waals surface area contributed by atoms with Gasteiger partial charge in [0.2, 0.25) is 5.95 Å². The highest BCUT2D eigenvalue weighted by atomic mass is 19.4. The summed E-state index contributed by atoms with van der Waals surface area (Å²) in [5.41, 5.74) is 0.559. The van der Waals surface area contributed by atoms with Crippen LogP contribution in [0.4, 0.5) is 23.2 Å². The number of hydrogen-bond acceptors (Lipinski definition) is 2. The molecule has 0 aromatic carbocycles. The van der Waals surface area contributed by atoms with Gasteiger partial charge in [-0.2, -0.15) is 17.6 Å². The molecule has 1 heterocycles. The predicted molar refractivity (Wildman–Crippen MR) is 59.6 cm³/mol. The lowest BCUT2D eigenvalue weighted by molar-refractivity contribution is -0.182. The molecule has 100 valence electrons. The van der Waals surface area contributed by atoms with Gasteiger partial charge in [0.25, 0.3) is 0 Å². The number of pyridine rings is 1. The fraction of sp³-hybridized carbons (Fsp3) is 0.583. The van der Waals surface area contributed by atoms with Gasteiger partial charge in [-0.15, -0.1) is 0 Å². The average Bonchev–Trinajstić information content (AvgIpc) is 2.31. The fourth-order valence-corrected chi connectivity index (χ4v) is 2.32. The molecule has 0 spiro atoms. The highest BCUT2D eigenvalue weighted by Gasteiger charge is 2.42. The second kappa shape index (κ2) is 5.12. The summed E-state index contributed by atoms with van der Waals surface area (Å²) in [7, 11) is 0. The van der Waals surface area contributed by atoms with Crippen molar-refractivity contribution in [3.63, 3.8) is 0 Å². The largest absolute Gasteiger partial charge is 0.391 e. The fourth-order valence-electron chi connectivity index (χ4n) is 2.32. The van der Waals surface area contributed by atoms with E-state index in [1.54, 1.807) is 0 Å². The average molecular weight is 262 g/mol. The summed E-state index contributed by atoms with van der Waals surface area (Å²) in [5, 5.41) is 2.98. The van der Waals surface area contributed by atoms with E-state index in [0.29, 0.717) is 18.5 Å². The lowest BCUT2D eigenvalue weighted by Gasteiger charge is -2.31. The van der Waals surface area contributed by atoms with Gasteiger partial charge in [-0.05, 0) is 31.4 Å². The summed E-state index contributed by atoms with van der Waals surface area (Å²) < 4.78 is 50.4. The van der Waals surface area contributed by atoms with Gasteiger partial charge in [0.1, 0.15) is 0 Å². The van der Waals surface area contributed by atoms with Crippen molar-refractivity contribution in [2.45, 2.75) is 37.9 Å². The Morgan fingerprint density at radius 2 is 2.00 bits per heavy atom. The molecule has 0 bridgehead atoms. The van der Waals surface area contributed by atoms with Crippen LogP contribution in [0, 0.1) is 11.9 Å². The first kappa shape index (κ1) is 13.1. The van der Waals surface area contributed by atoms with Crippen LogP contribution in [0.2, 0.25) is 0 Å². The van der Waals surface area contributed by atoms with Gasteiger partial charge >= 0.3 is 6.18 Å². The minimum absolute atomic E-state index is 0.0703. The number of anilines is 1. The Morgan fingerprint density at radius 3 is 2.61 bits per heavy atom. The number of alkyl halides is 3. The normalized spacial score (nSPS) is 24.9. The van der Waals surface area contributed by atoms with E-state index < -0.39 is 18.0 Å². The molecule has 18 heavy (non-hydrogen) atoms. The quantitative estimate of drug-likeness (QED) is 0.648. The van der Waals surface area contributed by atoms with Crippen molar-refractivity contribution >= 4 is 5.69 Å². The second-order valence-electron chi connectivity index (χ2n) is 4.62. The van der Waals surface area contributed by atoms with E-state index in [4.69, 9.17) is 0 Å². The molecule has 0 amide bonds. The molecule has 0 aliphatic heterocycles. The molecule has 2 atom stereocenters. The maximum atomic E-state index is 12.6. The SMILES string of the molecule is Fc1ccc(NC2CCCC(C(F)(F)F)C2)cn1. The monoisotopic (exact) mass is 262 g/mol. The van der Waals surface area contributed by atoms with E-state index >= 15 is 0 Å². The van der Waals surface area contributed by atoms with Crippen LogP contribution >= 0.6 is 0 Å². The summed E-state index contributed by atoms with van der Waals surface area (Å²) in [4.78, 5) is 3.46. The Hall–Kier alpha value is -1.33. The predicted octanol–water partition coefficient (Wildman–Crippen LogP) is 3.75. The molecule has 1 fully saturated rings. The van der Waals surface area contributed by atoms with Gasteiger partial charge in [-0.1, -0.05) is 6.42 Å². The Bertz CT molecular complexity index is 388. The summed E-state index contributed by atoms with van der Waals surface area (Å²) in [6.07, 6.45) is -1.31. The van der Waals surface area contributed by atoms with Crippen molar-refractivity contribution in [1.82, 2.24) is 4.98 Å². The molecule has 1 aliphatic rings.